The number of methoxy groups -OCH3 is 2. The SMILES string of the molecule is COc1ccc(CCNc2nc(Nc3ccc(OC)cc3)c3nccnc3n2)cc1. The molecule has 0 amide bonds. The molecule has 2 heterocycles. The molecule has 2 aromatic heterocycles. The second-order valence-corrected chi connectivity index (χ2v) is 6.50. The van der Waals surface area contributed by atoms with Crippen LogP contribution >= 0.6 is 0 Å². The van der Waals surface area contributed by atoms with Gasteiger partial charge in [0.25, 0.3) is 0 Å². The van der Waals surface area contributed by atoms with Gasteiger partial charge in [-0.3, -0.25) is 0 Å². The van der Waals surface area contributed by atoms with Gasteiger partial charge < -0.3 is 20.1 Å². The van der Waals surface area contributed by atoms with Gasteiger partial charge in [0.05, 0.1) is 14.2 Å². The summed E-state index contributed by atoms with van der Waals surface area (Å²) >= 11 is 0. The Hall–Kier alpha value is -3.94. The van der Waals surface area contributed by atoms with E-state index in [1.54, 1.807) is 26.6 Å². The quantitative estimate of drug-likeness (QED) is 0.459. The molecule has 2 aromatic carbocycles. The average molecular weight is 402 g/mol. The summed E-state index contributed by atoms with van der Waals surface area (Å²) in [6.45, 7) is 0.681. The van der Waals surface area contributed by atoms with Crippen LogP contribution < -0.4 is 20.1 Å². The molecular formula is C22H22N6O2. The number of hydrogen-bond acceptors (Lipinski definition) is 8. The zero-order valence-electron chi connectivity index (χ0n) is 16.8. The number of nitrogens with one attached hydrogen (secondary N) is 2. The largest absolute Gasteiger partial charge is 0.497 e. The number of hydrogen-bond donors (Lipinski definition) is 2. The van der Waals surface area contributed by atoms with Gasteiger partial charge >= 0.3 is 0 Å². The molecule has 0 fully saturated rings. The van der Waals surface area contributed by atoms with Crippen LogP contribution in [0.15, 0.2) is 60.9 Å². The lowest BCUT2D eigenvalue weighted by Gasteiger charge is -2.11. The predicted octanol–water partition coefficient (Wildman–Crippen LogP) is 3.84. The maximum absolute atomic E-state index is 5.21. The standard InChI is InChI=1S/C22H22N6O2/c1-29-17-7-3-15(4-8-17)11-12-25-22-27-20-19(23-13-14-24-20)21(28-22)26-16-5-9-18(30-2)10-6-16/h3-10,13-14H,11-12H2,1-2H3,(H2,24,25,26,27,28). The first-order valence-electron chi connectivity index (χ1n) is 9.52. The Morgan fingerprint density at radius 1 is 0.800 bits per heavy atom. The lowest BCUT2D eigenvalue weighted by atomic mass is 10.1. The summed E-state index contributed by atoms with van der Waals surface area (Å²) in [5, 5.41) is 6.57. The van der Waals surface area contributed by atoms with E-state index in [1.807, 2.05) is 48.5 Å². The van der Waals surface area contributed by atoms with Crippen LogP contribution in [0, 0.1) is 0 Å². The maximum Gasteiger partial charge on any atom is 0.226 e. The van der Waals surface area contributed by atoms with E-state index in [4.69, 9.17) is 9.47 Å². The Kier molecular flexibility index (Phi) is 5.84. The lowest BCUT2D eigenvalue weighted by molar-refractivity contribution is 0.414. The first-order chi connectivity index (χ1) is 14.7. The van der Waals surface area contributed by atoms with Crippen LogP contribution in [-0.4, -0.2) is 40.7 Å². The smallest absolute Gasteiger partial charge is 0.226 e. The van der Waals surface area contributed by atoms with Gasteiger partial charge in [0.15, 0.2) is 17.0 Å². The van der Waals surface area contributed by atoms with Crippen molar-refractivity contribution in [1.29, 1.82) is 0 Å². The molecule has 4 aromatic rings. The van der Waals surface area contributed by atoms with E-state index in [9.17, 15) is 0 Å². The molecule has 0 aliphatic carbocycles. The van der Waals surface area contributed by atoms with E-state index in [-0.39, 0.29) is 0 Å². The van der Waals surface area contributed by atoms with Gasteiger partial charge in [-0.05, 0) is 48.4 Å². The van der Waals surface area contributed by atoms with Gasteiger partial charge in [0.2, 0.25) is 5.95 Å². The van der Waals surface area contributed by atoms with Crippen molar-refractivity contribution in [3.63, 3.8) is 0 Å². The predicted molar refractivity (Wildman–Crippen MR) is 117 cm³/mol. The van der Waals surface area contributed by atoms with Crippen LogP contribution in [0.4, 0.5) is 17.5 Å². The summed E-state index contributed by atoms with van der Waals surface area (Å²) in [4.78, 5) is 17.8. The minimum absolute atomic E-state index is 0.493. The molecule has 4 rings (SSSR count). The van der Waals surface area contributed by atoms with E-state index in [1.165, 1.54) is 5.56 Å². The summed E-state index contributed by atoms with van der Waals surface area (Å²) in [5.74, 6) is 2.71. The first-order valence-corrected chi connectivity index (χ1v) is 9.52. The van der Waals surface area contributed by atoms with E-state index >= 15 is 0 Å². The van der Waals surface area contributed by atoms with Crippen LogP contribution in [0.1, 0.15) is 5.56 Å². The van der Waals surface area contributed by atoms with Gasteiger partial charge in [-0.15, -0.1) is 0 Å². The Morgan fingerprint density at radius 3 is 2.17 bits per heavy atom. The van der Waals surface area contributed by atoms with E-state index < -0.39 is 0 Å². The molecule has 2 N–H and O–H groups in total. The highest BCUT2D eigenvalue weighted by Crippen LogP contribution is 2.24. The summed E-state index contributed by atoms with van der Waals surface area (Å²) in [6.07, 6.45) is 4.07. The molecule has 0 saturated carbocycles. The van der Waals surface area contributed by atoms with Crippen molar-refractivity contribution in [3.8, 4) is 11.5 Å². The van der Waals surface area contributed by atoms with Gasteiger partial charge in [-0.25, -0.2) is 9.97 Å². The second-order valence-electron chi connectivity index (χ2n) is 6.50. The molecule has 8 heteroatoms. The molecule has 0 spiro atoms. The highest BCUT2D eigenvalue weighted by molar-refractivity contribution is 5.85. The minimum Gasteiger partial charge on any atom is -0.497 e. The van der Waals surface area contributed by atoms with E-state index in [0.29, 0.717) is 29.5 Å². The Bertz CT molecular complexity index is 1120. The third kappa shape index (κ3) is 4.54. The average Bonchev–Trinajstić information content (AvgIpc) is 2.80. The highest BCUT2D eigenvalue weighted by Gasteiger charge is 2.10. The van der Waals surface area contributed by atoms with Gasteiger partial charge in [0, 0.05) is 24.6 Å². The Balaban J connectivity index is 1.51. The Morgan fingerprint density at radius 2 is 1.47 bits per heavy atom. The van der Waals surface area contributed by atoms with Crippen molar-refractivity contribution >= 4 is 28.6 Å². The fourth-order valence-corrected chi connectivity index (χ4v) is 2.95. The monoisotopic (exact) mass is 402 g/mol. The first kappa shape index (κ1) is 19.4. The van der Waals surface area contributed by atoms with Crippen LogP contribution in [0.25, 0.3) is 11.2 Å². The van der Waals surface area contributed by atoms with Crippen LogP contribution in [0.5, 0.6) is 11.5 Å². The molecule has 8 nitrogen and oxygen atoms in total. The topological polar surface area (TPSA) is 94.1 Å². The van der Waals surface area contributed by atoms with Gasteiger partial charge in [-0.1, -0.05) is 12.1 Å². The number of rotatable bonds is 8. The zero-order chi connectivity index (χ0) is 20.8. The van der Waals surface area contributed by atoms with E-state index in [0.717, 1.165) is 23.6 Å². The van der Waals surface area contributed by atoms with Crippen molar-refractivity contribution < 1.29 is 9.47 Å². The molecule has 0 unspecified atom stereocenters. The lowest BCUT2D eigenvalue weighted by Crippen LogP contribution is -2.10. The molecule has 30 heavy (non-hydrogen) atoms. The van der Waals surface area contributed by atoms with Crippen LogP contribution in [-0.2, 0) is 6.42 Å². The molecule has 0 radical (unpaired) electrons. The second kappa shape index (κ2) is 9.04. The number of aromatic nitrogens is 4. The number of anilines is 3. The Labute approximate surface area is 174 Å². The van der Waals surface area contributed by atoms with Crippen molar-refractivity contribution in [2.75, 3.05) is 31.4 Å². The summed E-state index contributed by atoms with van der Waals surface area (Å²) < 4.78 is 10.4. The fourth-order valence-electron chi connectivity index (χ4n) is 2.95. The number of benzene rings is 2. The fraction of sp³-hybridized carbons (Fsp3) is 0.182. The normalized spacial score (nSPS) is 10.6. The summed E-state index contributed by atoms with van der Waals surface area (Å²) in [7, 11) is 3.30. The third-order valence-corrected chi connectivity index (χ3v) is 4.54. The molecule has 0 saturated heterocycles. The molecule has 0 atom stereocenters. The van der Waals surface area contributed by atoms with Gasteiger partial charge in [-0.2, -0.15) is 9.97 Å². The van der Waals surface area contributed by atoms with Crippen molar-refractivity contribution in [3.05, 3.63) is 66.5 Å². The highest BCUT2D eigenvalue weighted by atomic mass is 16.5. The number of nitrogens with zero attached hydrogens (tertiary/aromatic N) is 4. The molecule has 152 valence electrons. The molecule has 0 aliphatic rings. The van der Waals surface area contributed by atoms with E-state index in [2.05, 4.69) is 30.6 Å². The number of ether oxygens (including phenoxy) is 2. The van der Waals surface area contributed by atoms with Gasteiger partial charge in [0.1, 0.15) is 11.5 Å². The summed E-state index contributed by atoms with van der Waals surface area (Å²) in [6, 6.07) is 15.6. The molecule has 0 aliphatic heterocycles. The molecule has 0 bridgehead atoms. The zero-order valence-corrected chi connectivity index (χ0v) is 16.8. The van der Waals surface area contributed by atoms with Crippen molar-refractivity contribution in [2.45, 2.75) is 6.42 Å². The van der Waals surface area contributed by atoms with Crippen molar-refractivity contribution in [2.24, 2.45) is 0 Å². The minimum atomic E-state index is 0.493. The number of fused-ring (bicyclic) bond motifs is 1. The summed E-state index contributed by atoms with van der Waals surface area (Å²) in [5.41, 5.74) is 3.19. The maximum atomic E-state index is 5.21. The third-order valence-electron chi connectivity index (χ3n) is 4.54. The van der Waals surface area contributed by atoms with Crippen molar-refractivity contribution in [1.82, 2.24) is 19.9 Å². The van der Waals surface area contributed by atoms with Crippen LogP contribution in [0.2, 0.25) is 0 Å². The molecular weight excluding hydrogens is 380 g/mol. The van der Waals surface area contributed by atoms with Crippen LogP contribution in [0.3, 0.4) is 0 Å².